The van der Waals surface area contributed by atoms with Crippen molar-refractivity contribution in [2.24, 2.45) is 0 Å². The van der Waals surface area contributed by atoms with Crippen LogP contribution < -0.4 is 10.2 Å². The summed E-state index contributed by atoms with van der Waals surface area (Å²) in [6.45, 7) is 5.71. The van der Waals surface area contributed by atoms with Crippen molar-refractivity contribution in [1.29, 1.82) is 0 Å². The third-order valence-electron chi connectivity index (χ3n) is 6.56. The van der Waals surface area contributed by atoms with Gasteiger partial charge in [0.05, 0.1) is 25.2 Å². The fraction of sp³-hybridized carbons (Fsp3) is 0.429. The van der Waals surface area contributed by atoms with Gasteiger partial charge in [0.2, 0.25) is 5.82 Å². The molecule has 38 heavy (non-hydrogen) atoms. The van der Waals surface area contributed by atoms with E-state index in [-0.39, 0.29) is 31.0 Å². The third kappa shape index (κ3) is 6.36. The predicted molar refractivity (Wildman–Crippen MR) is 140 cm³/mol. The van der Waals surface area contributed by atoms with E-state index in [0.29, 0.717) is 24.1 Å². The number of benzene rings is 2. The number of methoxy groups -OCH3 is 1. The quantitative estimate of drug-likeness (QED) is 0.379. The van der Waals surface area contributed by atoms with Crippen molar-refractivity contribution >= 4 is 17.6 Å². The van der Waals surface area contributed by atoms with Crippen LogP contribution in [-0.2, 0) is 20.9 Å². The molecule has 2 aromatic carbocycles. The summed E-state index contributed by atoms with van der Waals surface area (Å²) < 4.78 is 30.5. The molecule has 1 aliphatic rings. The van der Waals surface area contributed by atoms with E-state index in [2.05, 4.69) is 33.3 Å². The number of piperidine rings is 1. The highest BCUT2D eigenvalue weighted by Crippen LogP contribution is 2.32. The molecular weight excluding hydrogens is 491 g/mol. The van der Waals surface area contributed by atoms with E-state index < -0.39 is 17.7 Å². The number of esters is 1. The molecule has 1 saturated heterocycles. The molecule has 202 valence electrons. The Kier molecular flexibility index (Phi) is 9.06. The fourth-order valence-corrected chi connectivity index (χ4v) is 4.63. The topological polar surface area (TPSA) is 107 Å². The minimum atomic E-state index is -0.732. The molecule has 1 aliphatic heterocycles. The van der Waals surface area contributed by atoms with Gasteiger partial charge in [-0.2, -0.15) is 4.98 Å². The molecular formula is C28H33FN4O5. The first-order valence-electron chi connectivity index (χ1n) is 12.9. The first-order chi connectivity index (χ1) is 18.4. The molecule has 1 atom stereocenters. The highest BCUT2D eigenvalue weighted by atomic mass is 19.1. The van der Waals surface area contributed by atoms with Crippen LogP contribution in [0.2, 0.25) is 0 Å². The van der Waals surface area contributed by atoms with E-state index in [1.807, 2.05) is 12.1 Å². The van der Waals surface area contributed by atoms with Crippen LogP contribution in [0.4, 0.5) is 10.1 Å². The van der Waals surface area contributed by atoms with Gasteiger partial charge in [0.1, 0.15) is 5.82 Å². The molecule has 0 bridgehead atoms. The van der Waals surface area contributed by atoms with Crippen LogP contribution in [0.1, 0.15) is 55.5 Å². The minimum absolute atomic E-state index is 0.00898. The van der Waals surface area contributed by atoms with Crippen molar-refractivity contribution in [3.63, 3.8) is 0 Å². The largest absolute Gasteiger partial charge is 0.466 e. The molecule has 4 rings (SSSR count). The Morgan fingerprint density at radius 2 is 2.00 bits per heavy atom. The van der Waals surface area contributed by atoms with Crippen LogP contribution in [0.25, 0.3) is 22.8 Å². The van der Waals surface area contributed by atoms with Gasteiger partial charge in [0.25, 0.3) is 11.8 Å². The molecule has 1 N–H and O–H groups in total. The SMILES string of the molecule is CCOC(=O)CCNC(=O)c1ccc(-c2noc(-c3ccc(N4CCCCC4C)c(COC)c3)n2)cc1F. The van der Waals surface area contributed by atoms with E-state index in [9.17, 15) is 14.0 Å². The Morgan fingerprint density at radius 1 is 1.18 bits per heavy atom. The van der Waals surface area contributed by atoms with Gasteiger partial charge in [0.15, 0.2) is 0 Å². The highest BCUT2D eigenvalue weighted by Gasteiger charge is 2.22. The molecule has 3 aromatic rings. The smallest absolute Gasteiger partial charge is 0.307 e. The second kappa shape index (κ2) is 12.6. The number of carbonyl (C=O) groups excluding carboxylic acids is 2. The Balaban J connectivity index is 1.49. The number of hydrogen-bond donors (Lipinski definition) is 1. The van der Waals surface area contributed by atoms with Crippen LogP contribution >= 0.6 is 0 Å². The lowest BCUT2D eigenvalue weighted by molar-refractivity contribution is -0.142. The monoisotopic (exact) mass is 524 g/mol. The second-order valence-electron chi connectivity index (χ2n) is 9.24. The van der Waals surface area contributed by atoms with Gasteiger partial charge >= 0.3 is 5.97 Å². The lowest BCUT2D eigenvalue weighted by Crippen LogP contribution is -2.38. The van der Waals surface area contributed by atoms with Crippen LogP contribution in [-0.4, -0.2) is 54.9 Å². The predicted octanol–water partition coefficient (Wildman–Crippen LogP) is 4.75. The summed E-state index contributed by atoms with van der Waals surface area (Å²) in [5, 5.41) is 6.54. The van der Waals surface area contributed by atoms with Crippen molar-refractivity contribution in [2.75, 3.05) is 31.7 Å². The van der Waals surface area contributed by atoms with Crippen molar-refractivity contribution in [1.82, 2.24) is 15.5 Å². The number of ether oxygens (including phenoxy) is 2. The van der Waals surface area contributed by atoms with Gasteiger partial charge in [-0.3, -0.25) is 9.59 Å². The Morgan fingerprint density at radius 3 is 2.74 bits per heavy atom. The number of anilines is 1. The van der Waals surface area contributed by atoms with Crippen LogP contribution in [0.3, 0.4) is 0 Å². The molecule has 1 unspecified atom stereocenters. The minimum Gasteiger partial charge on any atom is -0.466 e. The van der Waals surface area contributed by atoms with E-state index >= 15 is 0 Å². The summed E-state index contributed by atoms with van der Waals surface area (Å²) in [6.07, 6.45) is 3.57. The zero-order chi connectivity index (χ0) is 27.1. The van der Waals surface area contributed by atoms with Crippen molar-refractivity contribution in [3.8, 4) is 22.8 Å². The standard InChI is InChI=1S/C28H33FN4O5/c1-4-37-25(34)12-13-30-27(35)22-10-8-19(16-23(22)29)26-31-28(38-32-26)20-9-11-24(21(15-20)17-36-3)33-14-6-5-7-18(33)2/h8-11,15-16,18H,4-7,12-14,17H2,1-3H3,(H,30,35). The molecule has 1 aromatic heterocycles. The molecule has 2 heterocycles. The number of aromatic nitrogens is 2. The molecule has 10 heteroatoms. The number of nitrogens with one attached hydrogen (secondary N) is 1. The average molecular weight is 525 g/mol. The lowest BCUT2D eigenvalue weighted by atomic mass is 10.00. The molecule has 1 fully saturated rings. The van der Waals surface area contributed by atoms with E-state index in [1.165, 1.54) is 18.6 Å². The van der Waals surface area contributed by atoms with Crippen LogP contribution in [0.5, 0.6) is 0 Å². The second-order valence-corrected chi connectivity index (χ2v) is 9.24. The molecule has 0 aliphatic carbocycles. The highest BCUT2D eigenvalue weighted by molar-refractivity contribution is 5.95. The van der Waals surface area contributed by atoms with E-state index in [4.69, 9.17) is 14.0 Å². The molecule has 0 spiro atoms. The zero-order valence-corrected chi connectivity index (χ0v) is 22.0. The zero-order valence-electron chi connectivity index (χ0n) is 22.0. The number of amides is 1. The fourth-order valence-electron chi connectivity index (χ4n) is 4.63. The van der Waals surface area contributed by atoms with E-state index in [1.54, 1.807) is 20.1 Å². The maximum Gasteiger partial charge on any atom is 0.307 e. The molecule has 0 saturated carbocycles. The first-order valence-corrected chi connectivity index (χ1v) is 12.9. The van der Waals surface area contributed by atoms with Crippen molar-refractivity contribution in [3.05, 3.63) is 53.3 Å². The maximum atomic E-state index is 14.8. The van der Waals surface area contributed by atoms with Crippen molar-refractivity contribution in [2.45, 2.75) is 52.2 Å². The maximum absolute atomic E-state index is 14.8. The summed E-state index contributed by atoms with van der Waals surface area (Å²) in [7, 11) is 1.67. The number of carbonyl (C=O) groups is 2. The van der Waals surface area contributed by atoms with Gasteiger partial charge in [-0.1, -0.05) is 11.2 Å². The van der Waals surface area contributed by atoms with Gasteiger partial charge < -0.3 is 24.2 Å². The average Bonchev–Trinajstić information content (AvgIpc) is 3.40. The summed E-state index contributed by atoms with van der Waals surface area (Å²) >= 11 is 0. The van der Waals surface area contributed by atoms with Crippen molar-refractivity contribution < 1.29 is 28.0 Å². The summed E-state index contributed by atoms with van der Waals surface area (Å²) in [5.74, 6) is -1.28. The normalized spacial score (nSPS) is 15.4. The number of hydrogen-bond acceptors (Lipinski definition) is 8. The first kappa shape index (κ1) is 27.3. The Labute approximate surface area is 221 Å². The van der Waals surface area contributed by atoms with Crippen LogP contribution in [0, 0.1) is 5.82 Å². The summed E-state index contributed by atoms with van der Waals surface area (Å²) in [4.78, 5) is 30.6. The number of halogens is 1. The molecule has 1 amide bonds. The Hall–Kier alpha value is -3.79. The van der Waals surface area contributed by atoms with Crippen LogP contribution in [0.15, 0.2) is 40.9 Å². The summed E-state index contributed by atoms with van der Waals surface area (Å²) in [5.41, 5.74) is 3.13. The number of rotatable bonds is 10. The molecule has 9 nitrogen and oxygen atoms in total. The van der Waals surface area contributed by atoms with Gasteiger partial charge in [-0.15, -0.1) is 0 Å². The van der Waals surface area contributed by atoms with Gasteiger partial charge in [-0.25, -0.2) is 4.39 Å². The molecule has 0 radical (unpaired) electrons. The number of nitrogens with zero attached hydrogens (tertiary/aromatic N) is 3. The summed E-state index contributed by atoms with van der Waals surface area (Å²) in [6, 6.07) is 10.5. The lowest BCUT2D eigenvalue weighted by Gasteiger charge is -2.36. The Bertz CT molecular complexity index is 1280. The van der Waals surface area contributed by atoms with Gasteiger partial charge in [-0.05, 0) is 63.4 Å². The van der Waals surface area contributed by atoms with E-state index in [0.717, 1.165) is 36.2 Å². The van der Waals surface area contributed by atoms with Gasteiger partial charge in [0, 0.05) is 48.6 Å². The third-order valence-corrected chi connectivity index (χ3v) is 6.56.